The molecule has 2 N–H and O–H groups in total. The van der Waals surface area contributed by atoms with Gasteiger partial charge in [-0.2, -0.15) is 0 Å². The van der Waals surface area contributed by atoms with E-state index in [-0.39, 0.29) is 4.75 Å². The Bertz CT molecular complexity index is 521. The van der Waals surface area contributed by atoms with Gasteiger partial charge < -0.3 is 4.74 Å². The van der Waals surface area contributed by atoms with Gasteiger partial charge in [-0.15, -0.1) is 0 Å². The SMILES string of the molecule is Brc1ccc2c(c1)CC1(CC1)CO2.CC(C)(C)S(N)=O. The number of ether oxygens (including phenoxy) is 1. The van der Waals surface area contributed by atoms with Crippen LogP contribution >= 0.6 is 15.9 Å². The van der Waals surface area contributed by atoms with Crippen LogP contribution in [0.4, 0.5) is 0 Å². The Hall–Kier alpha value is -0.390. The molecular weight excluding hydrogens is 338 g/mol. The lowest BCUT2D eigenvalue weighted by molar-refractivity contribution is 0.207. The highest BCUT2D eigenvalue weighted by Gasteiger charge is 2.46. The third-order valence-corrected chi connectivity index (χ3v) is 5.38. The largest absolute Gasteiger partial charge is 0.493 e. The molecule has 1 heterocycles. The van der Waals surface area contributed by atoms with E-state index < -0.39 is 11.0 Å². The van der Waals surface area contributed by atoms with Crippen molar-refractivity contribution in [2.24, 2.45) is 10.6 Å². The third kappa shape index (κ3) is 4.06. The maximum atomic E-state index is 10.4. The minimum Gasteiger partial charge on any atom is -0.493 e. The second kappa shape index (κ2) is 5.78. The Morgan fingerprint density at radius 1 is 1.35 bits per heavy atom. The molecule has 0 aromatic heterocycles. The number of hydrogen-bond acceptors (Lipinski definition) is 2. The first kappa shape index (κ1) is 16.0. The molecule has 2 aliphatic rings. The van der Waals surface area contributed by atoms with E-state index in [1.54, 1.807) is 0 Å². The van der Waals surface area contributed by atoms with Crippen LogP contribution in [0.2, 0.25) is 0 Å². The van der Waals surface area contributed by atoms with Gasteiger partial charge in [0.05, 0.1) is 22.3 Å². The fourth-order valence-corrected chi connectivity index (χ4v) is 2.42. The first-order chi connectivity index (χ1) is 9.22. The molecule has 0 saturated heterocycles. The Morgan fingerprint density at radius 3 is 2.45 bits per heavy atom. The zero-order valence-corrected chi connectivity index (χ0v) is 14.6. The van der Waals surface area contributed by atoms with Crippen LogP contribution in [0.3, 0.4) is 0 Å². The molecule has 1 aliphatic carbocycles. The van der Waals surface area contributed by atoms with Crippen LogP contribution in [-0.4, -0.2) is 15.6 Å². The molecule has 0 amide bonds. The number of nitrogens with two attached hydrogens (primary N) is 1. The summed E-state index contributed by atoms with van der Waals surface area (Å²) >= 11 is 3.49. The van der Waals surface area contributed by atoms with Crippen LogP contribution in [-0.2, 0) is 17.4 Å². The zero-order chi connectivity index (χ0) is 15.0. The van der Waals surface area contributed by atoms with Gasteiger partial charge in [-0.3, -0.25) is 5.14 Å². The van der Waals surface area contributed by atoms with Crippen molar-refractivity contribution in [2.75, 3.05) is 6.61 Å². The van der Waals surface area contributed by atoms with Crippen molar-refractivity contribution in [1.82, 2.24) is 0 Å². The minimum atomic E-state index is -1.18. The van der Waals surface area contributed by atoms with Crippen molar-refractivity contribution in [2.45, 2.75) is 44.8 Å². The molecule has 20 heavy (non-hydrogen) atoms. The molecule has 1 spiro atoms. The van der Waals surface area contributed by atoms with Crippen molar-refractivity contribution in [3.8, 4) is 5.75 Å². The zero-order valence-electron chi connectivity index (χ0n) is 12.2. The van der Waals surface area contributed by atoms with Gasteiger partial charge in [0, 0.05) is 9.89 Å². The highest BCUT2D eigenvalue weighted by atomic mass is 79.9. The molecule has 0 bridgehead atoms. The Balaban J connectivity index is 0.000000182. The number of benzene rings is 1. The van der Waals surface area contributed by atoms with E-state index in [0.717, 1.165) is 16.8 Å². The molecule has 1 atom stereocenters. The van der Waals surface area contributed by atoms with E-state index in [0.29, 0.717) is 5.41 Å². The monoisotopic (exact) mass is 359 g/mol. The van der Waals surface area contributed by atoms with Crippen LogP contribution in [0, 0.1) is 5.41 Å². The highest BCUT2D eigenvalue weighted by molar-refractivity contribution is 9.10. The summed E-state index contributed by atoms with van der Waals surface area (Å²) in [5.41, 5.74) is 1.89. The number of halogens is 1. The van der Waals surface area contributed by atoms with E-state index in [1.807, 2.05) is 26.8 Å². The maximum Gasteiger partial charge on any atom is 0.122 e. The topological polar surface area (TPSA) is 52.3 Å². The van der Waals surface area contributed by atoms with Crippen LogP contribution < -0.4 is 9.88 Å². The van der Waals surface area contributed by atoms with E-state index >= 15 is 0 Å². The maximum absolute atomic E-state index is 10.4. The molecule has 1 aromatic carbocycles. The molecule has 3 rings (SSSR count). The summed E-state index contributed by atoms with van der Waals surface area (Å²) in [7, 11) is -1.18. The average Bonchev–Trinajstić information content (AvgIpc) is 3.07. The van der Waals surface area contributed by atoms with E-state index in [9.17, 15) is 4.21 Å². The first-order valence-corrected chi connectivity index (χ1v) is 8.80. The summed E-state index contributed by atoms with van der Waals surface area (Å²) in [6.45, 7) is 6.44. The predicted octanol–water partition coefficient (Wildman–Crippen LogP) is 3.57. The van der Waals surface area contributed by atoms with E-state index in [4.69, 9.17) is 9.88 Å². The van der Waals surface area contributed by atoms with Crippen molar-refractivity contribution in [3.05, 3.63) is 28.2 Å². The lowest BCUT2D eigenvalue weighted by atomic mass is 9.94. The van der Waals surface area contributed by atoms with Crippen molar-refractivity contribution < 1.29 is 8.95 Å². The van der Waals surface area contributed by atoms with Gasteiger partial charge in [0.2, 0.25) is 0 Å². The van der Waals surface area contributed by atoms with Gasteiger partial charge >= 0.3 is 0 Å². The summed E-state index contributed by atoms with van der Waals surface area (Å²) in [5.74, 6) is 1.08. The van der Waals surface area contributed by atoms with Crippen molar-refractivity contribution in [1.29, 1.82) is 0 Å². The van der Waals surface area contributed by atoms with Crippen LogP contribution in [0.5, 0.6) is 5.75 Å². The van der Waals surface area contributed by atoms with Crippen LogP contribution in [0.25, 0.3) is 0 Å². The molecule has 1 saturated carbocycles. The molecular formula is C15H22BrNO2S. The molecule has 3 nitrogen and oxygen atoms in total. The van der Waals surface area contributed by atoms with Gasteiger partial charge in [0.25, 0.3) is 0 Å². The smallest absolute Gasteiger partial charge is 0.122 e. The van der Waals surface area contributed by atoms with Gasteiger partial charge in [-0.05, 0) is 63.8 Å². The summed E-state index contributed by atoms with van der Waals surface area (Å²) in [6.07, 6.45) is 3.90. The molecule has 1 unspecified atom stereocenters. The predicted molar refractivity (Wildman–Crippen MR) is 87.1 cm³/mol. The molecule has 5 heteroatoms. The Labute approximate surface area is 132 Å². The minimum absolute atomic E-state index is 0.250. The molecule has 1 fully saturated rings. The van der Waals surface area contributed by atoms with Gasteiger partial charge in [0.15, 0.2) is 0 Å². The Morgan fingerprint density at radius 2 is 1.95 bits per heavy atom. The average molecular weight is 360 g/mol. The van der Waals surface area contributed by atoms with E-state index in [2.05, 4.69) is 28.1 Å². The van der Waals surface area contributed by atoms with Gasteiger partial charge in [0.1, 0.15) is 5.75 Å². The lowest BCUT2D eigenvalue weighted by Gasteiger charge is -2.24. The quantitative estimate of drug-likeness (QED) is 0.769. The molecule has 1 aromatic rings. The van der Waals surface area contributed by atoms with Crippen LogP contribution in [0.1, 0.15) is 39.2 Å². The normalized spacial score (nSPS) is 20.2. The van der Waals surface area contributed by atoms with Crippen molar-refractivity contribution >= 4 is 26.9 Å². The highest BCUT2D eigenvalue weighted by Crippen LogP contribution is 2.52. The van der Waals surface area contributed by atoms with Gasteiger partial charge in [-0.25, -0.2) is 4.21 Å². The Kier molecular flexibility index (Phi) is 4.62. The second-order valence-electron chi connectivity index (χ2n) is 6.63. The summed E-state index contributed by atoms with van der Waals surface area (Å²) < 4.78 is 17.0. The van der Waals surface area contributed by atoms with E-state index in [1.165, 1.54) is 24.8 Å². The second-order valence-corrected chi connectivity index (χ2v) is 9.36. The number of hydrogen-bond donors (Lipinski definition) is 1. The molecule has 0 radical (unpaired) electrons. The third-order valence-electron chi connectivity index (χ3n) is 3.68. The molecule has 112 valence electrons. The summed E-state index contributed by atoms with van der Waals surface area (Å²) in [6, 6.07) is 6.30. The van der Waals surface area contributed by atoms with Crippen molar-refractivity contribution in [3.63, 3.8) is 0 Å². The molecule has 1 aliphatic heterocycles. The number of fused-ring (bicyclic) bond motifs is 1. The fourth-order valence-electron chi connectivity index (χ4n) is 2.01. The summed E-state index contributed by atoms with van der Waals surface area (Å²) in [4.78, 5) is 0. The lowest BCUT2D eigenvalue weighted by Crippen LogP contribution is -2.27. The standard InChI is InChI=1S/C11H11BrO.C4H11NOS/c12-9-1-2-10-8(5-9)6-11(3-4-11)7-13-10;1-4(2,3)7(5)6/h1-2,5H,3-4,6-7H2;5H2,1-3H3. The van der Waals surface area contributed by atoms with Gasteiger partial charge in [-0.1, -0.05) is 15.9 Å². The number of rotatable bonds is 0. The summed E-state index contributed by atoms with van der Waals surface area (Å²) in [5, 5.41) is 5.04. The van der Waals surface area contributed by atoms with Crippen LogP contribution in [0.15, 0.2) is 22.7 Å². The fraction of sp³-hybridized carbons (Fsp3) is 0.600. The first-order valence-electron chi connectivity index (χ1n) is 6.79.